The molecule has 0 spiro atoms. The molecule has 2 rings (SSSR count). The second-order valence-electron chi connectivity index (χ2n) is 8.15. The van der Waals surface area contributed by atoms with Crippen LogP contribution in [0.1, 0.15) is 64.0 Å². The highest BCUT2D eigenvalue weighted by atomic mass is 16.5. The molecule has 28 heavy (non-hydrogen) atoms. The Kier molecular flexibility index (Phi) is 8.20. The van der Waals surface area contributed by atoms with Crippen molar-refractivity contribution in [3.05, 3.63) is 41.5 Å². The third kappa shape index (κ3) is 6.77. The van der Waals surface area contributed by atoms with Crippen molar-refractivity contribution in [2.45, 2.75) is 71.1 Å². The van der Waals surface area contributed by atoms with Crippen molar-refractivity contribution in [1.82, 2.24) is 10.8 Å². The van der Waals surface area contributed by atoms with Crippen molar-refractivity contribution in [2.75, 3.05) is 0 Å². The van der Waals surface area contributed by atoms with Gasteiger partial charge >= 0.3 is 5.97 Å². The summed E-state index contributed by atoms with van der Waals surface area (Å²) < 4.78 is 5.78. The molecule has 154 valence electrons. The fraction of sp³-hybridized carbons (Fsp3) is 0.545. The van der Waals surface area contributed by atoms with Gasteiger partial charge in [0.05, 0.1) is 0 Å². The summed E-state index contributed by atoms with van der Waals surface area (Å²) in [6.07, 6.45) is 7.83. The van der Waals surface area contributed by atoms with Crippen LogP contribution in [-0.4, -0.2) is 28.7 Å². The van der Waals surface area contributed by atoms with Gasteiger partial charge in [-0.15, -0.1) is 0 Å². The van der Waals surface area contributed by atoms with E-state index in [2.05, 4.69) is 19.2 Å². The van der Waals surface area contributed by atoms with Gasteiger partial charge in [-0.3, -0.25) is 20.1 Å². The molecule has 1 aliphatic rings. The van der Waals surface area contributed by atoms with E-state index in [1.807, 2.05) is 31.2 Å². The zero-order valence-corrected chi connectivity index (χ0v) is 17.0. The van der Waals surface area contributed by atoms with Gasteiger partial charge in [-0.1, -0.05) is 38.1 Å². The minimum Gasteiger partial charge on any atom is -0.461 e. The number of hydroxylamine groups is 1. The first kappa shape index (κ1) is 22.1. The number of hydrogen-bond donors (Lipinski definition) is 3. The Morgan fingerprint density at radius 3 is 2.46 bits per heavy atom. The Labute approximate surface area is 167 Å². The Morgan fingerprint density at radius 1 is 1.25 bits per heavy atom. The van der Waals surface area contributed by atoms with E-state index in [1.54, 1.807) is 11.6 Å². The highest BCUT2D eigenvalue weighted by molar-refractivity contribution is 5.90. The van der Waals surface area contributed by atoms with E-state index in [-0.39, 0.29) is 12.1 Å². The largest absolute Gasteiger partial charge is 0.461 e. The summed E-state index contributed by atoms with van der Waals surface area (Å²) in [4.78, 5) is 23.9. The van der Waals surface area contributed by atoms with E-state index >= 15 is 0 Å². The Balaban J connectivity index is 1.99. The monoisotopic (exact) mass is 388 g/mol. The standard InChI is InChI=1S/C22H32N2O4/c1-16(2)14-22(3,21(26)28-19-6-4-5-7-19)23-15-18-10-8-17(9-11-18)12-13-20(25)24-27/h8-13,16,19,23,27H,4-7,14-15H2,1-3H3,(H,24,25)/b13-12+/t22-/m1/s1. The van der Waals surface area contributed by atoms with Gasteiger partial charge < -0.3 is 4.74 Å². The van der Waals surface area contributed by atoms with E-state index in [0.717, 1.165) is 36.8 Å². The van der Waals surface area contributed by atoms with E-state index in [9.17, 15) is 9.59 Å². The average Bonchev–Trinajstić information content (AvgIpc) is 3.17. The third-order valence-corrected chi connectivity index (χ3v) is 5.04. The molecule has 1 aliphatic carbocycles. The predicted octanol–water partition coefficient (Wildman–Crippen LogP) is 3.59. The van der Waals surface area contributed by atoms with Gasteiger partial charge in [0.1, 0.15) is 11.6 Å². The number of ether oxygens (including phenoxy) is 1. The molecule has 1 fully saturated rings. The minimum absolute atomic E-state index is 0.0583. The Bertz CT molecular complexity index is 678. The number of nitrogens with one attached hydrogen (secondary N) is 2. The van der Waals surface area contributed by atoms with Crippen LogP contribution in [0.15, 0.2) is 30.3 Å². The average molecular weight is 389 g/mol. The van der Waals surface area contributed by atoms with Crippen molar-refractivity contribution < 1.29 is 19.5 Å². The lowest BCUT2D eigenvalue weighted by Crippen LogP contribution is -2.51. The molecule has 0 aliphatic heterocycles. The van der Waals surface area contributed by atoms with Crippen molar-refractivity contribution in [2.24, 2.45) is 5.92 Å². The number of carbonyl (C=O) groups is 2. The highest BCUT2D eigenvalue weighted by Crippen LogP contribution is 2.25. The van der Waals surface area contributed by atoms with Crippen LogP contribution < -0.4 is 10.8 Å². The first-order valence-electron chi connectivity index (χ1n) is 9.99. The number of amides is 1. The summed E-state index contributed by atoms with van der Waals surface area (Å²) >= 11 is 0. The van der Waals surface area contributed by atoms with Gasteiger partial charge in [0.15, 0.2) is 0 Å². The van der Waals surface area contributed by atoms with Crippen molar-refractivity contribution in [3.8, 4) is 0 Å². The molecule has 6 nitrogen and oxygen atoms in total. The summed E-state index contributed by atoms with van der Waals surface area (Å²) in [5.74, 6) is -0.377. The number of hydrogen-bond acceptors (Lipinski definition) is 5. The van der Waals surface area contributed by atoms with Gasteiger partial charge in [-0.05, 0) is 62.1 Å². The molecule has 0 unspecified atom stereocenters. The van der Waals surface area contributed by atoms with Gasteiger partial charge in [-0.25, -0.2) is 5.48 Å². The molecule has 0 radical (unpaired) electrons. The molecule has 1 amide bonds. The van der Waals surface area contributed by atoms with Crippen LogP contribution in [0.4, 0.5) is 0 Å². The number of benzene rings is 1. The molecule has 1 saturated carbocycles. The topological polar surface area (TPSA) is 87.7 Å². The van der Waals surface area contributed by atoms with Crippen molar-refractivity contribution >= 4 is 18.0 Å². The fourth-order valence-electron chi connectivity index (χ4n) is 3.58. The van der Waals surface area contributed by atoms with Crippen LogP contribution in [0, 0.1) is 5.92 Å². The van der Waals surface area contributed by atoms with Crippen LogP contribution in [-0.2, 0) is 20.9 Å². The summed E-state index contributed by atoms with van der Waals surface area (Å²) in [5, 5.41) is 11.9. The minimum atomic E-state index is -0.728. The first-order chi connectivity index (χ1) is 13.3. The molecular weight excluding hydrogens is 356 g/mol. The summed E-state index contributed by atoms with van der Waals surface area (Å²) in [6.45, 7) is 6.68. The Hall–Kier alpha value is -2.18. The number of carbonyl (C=O) groups excluding carboxylic acids is 2. The molecule has 6 heteroatoms. The third-order valence-electron chi connectivity index (χ3n) is 5.04. The van der Waals surface area contributed by atoms with E-state index < -0.39 is 11.4 Å². The smallest absolute Gasteiger partial charge is 0.326 e. The van der Waals surface area contributed by atoms with Gasteiger partial charge in [0.25, 0.3) is 5.91 Å². The lowest BCUT2D eigenvalue weighted by Gasteiger charge is -2.31. The molecule has 0 bridgehead atoms. The van der Waals surface area contributed by atoms with Crippen LogP contribution in [0.5, 0.6) is 0 Å². The highest BCUT2D eigenvalue weighted by Gasteiger charge is 2.37. The maximum absolute atomic E-state index is 12.9. The van der Waals surface area contributed by atoms with E-state index in [0.29, 0.717) is 18.9 Å². The second kappa shape index (κ2) is 10.4. The maximum Gasteiger partial charge on any atom is 0.326 e. The fourth-order valence-corrected chi connectivity index (χ4v) is 3.58. The van der Waals surface area contributed by atoms with Crippen molar-refractivity contribution in [1.29, 1.82) is 0 Å². The maximum atomic E-state index is 12.9. The predicted molar refractivity (Wildman–Crippen MR) is 108 cm³/mol. The summed E-state index contributed by atoms with van der Waals surface area (Å²) in [7, 11) is 0. The normalized spacial score (nSPS) is 17.0. The van der Waals surface area contributed by atoms with Crippen LogP contribution in [0.3, 0.4) is 0 Å². The van der Waals surface area contributed by atoms with Crippen LogP contribution in [0.2, 0.25) is 0 Å². The molecule has 3 N–H and O–H groups in total. The van der Waals surface area contributed by atoms with Gasteiger partial charge in [0, 0.05) is 12.6 Å². The lowest BCUT2D eigenvalue weighted by molar-refractivity contribution is -0.157. The molecule has 0 aromatic heterocycles. The number of esters is 1. The van der Waals surface area contributed by atoms with Crippen LogP contribution >= 0.6 is 0 Å². The molecule has 1 aromatic rings. The zero-order chi connectivity index (χ0) is 20.6. The molecule has 0 saturated heterocycles. The van der Waals surface area contributed by atoms with Gasteiger partial charge in [0.2, 0.25) is 0 Å². The molecular formula is C22H32N2O4. The van der Waals surface area contributed by atoms with E-state index in [4.69, 9.17) is 9.94 Å². The number of rotatable bonds is 9. The van der Waals surface area contributed by atoms with Crippen LogP contribution in [0.25, 0.3) is 6.08 Å². The molecule has 1 atom stereocenters. The quantitative estimate of drug-likeness (QED) is 0.260. The second-order valence-corrected chi connectivity index (χ2v) is 8.15. The SMILES string of the molecule is CC(C)C[C@@](C)(NCc1ccc(/C=C/C(=O)NO)cc1)C(=O)OC1CCCC1. The van der Waals surface area contributed by atoms with Crippen molar-refractivity contribution in [3.63, 3.8) is 0 Å². The zero-order valence-electron chi connectivity index (χ0n) is 17.0. The van der Waals surface area contributed by atoms with E-state index in [1.165, 1.54) is 6.08 Å². The lowest BCUT2D eigenvalue weighted by atomic mass is 9.90. The molecule has 1 aromatic carbocycles. The molecule has 0 heterocycles. The summed E-state index contributed by atoms with van der Waals surface area (Å²) in [6, 6.07) is 7.66. The Morgan fingerprint density at radius 2 is 1.89 bits per heavy atom. The summed E-state index contributed by atoms with van der Waals surface area (Å²) in [5.41, 5.74) is 2.71. The van der Waals surface area contributed by atoms with Gasteiger partial charge in [-0.2, -0.15) is 0 Å². The first-order valence-corrected chi connectivity index (χ1v) is 9.99.